The van der Waals surface area contributed by atoms with Crippen LogP contribution < -0.4 is 15.0 Å². The average Bonchev–Trinajstić information content (AvgIpc) is 2.88. The second-order valence-corrected chi connectivity index (χ2v) is 9.37. The van der Waals surface area contributed by atoms with E-state index in [0.717, 1.165) is 0 Å². The molecule has 194 valence electrons. The van der Waals surface area contributed by atoms with E-state index in [4.69, 9.17) is 9.47 Å². The SMILES string of the molecule is COC(=O)[C@H](CC(C)C)NC(=O)c1ccc(C(=O)N(c2ccccc2)c2ccccc2)cc1OC(C)C. The van der Waals surface area contributed by atoms with Crippen LogP contribution in [0.15, 0.2) is 78.9 Å². The molecule has 0 saturated carbocycles. The fraction of sp³-hybridized carbons (Fsp3) is 0.300. The lowest BCUT2D eigenvalue weighted by atomic mass is 10.0. The van der Waals surface area contributed by atoms with Gasteiger partial charge in [-0.3, -0.25) is 14.5 Å². The second-order valence-electron chi connectivity index (χ2n) is 9.37. The number of para-hydroxylation sites is 2. The van der Waals surface area contributed by atoms with Gasteiger partial charge in [-0.1, -0.05) is 50.2 Å². The molecule has 0 radical (unpaired) electrons. The van der Waals surface area contributed by atoms with Crippen LogP contribution in [0.2, 0.25) is 0 Å². The van der Waals surface area contributed by atoms with E-state index in [1.807, 2.05) is 88.4 Å². The van der Waals surface area contributed by atoms with Crippen LogP contribution in [-0.2, 0) is 9.53 Å². The summed E-state index contributed by atoms with van der Waals surface area (Å²) < 4.78 is 10.8. The Balaban J connectivity index is 1.99. The Morgan fingerprint density at radius 2 is 1.41 bits per heavy atom. The number of nitrogens with one attached hydrogen (secondary N) is 1. The zero-order chi connectivity index (χ0) is 26.9. The number of amides is 2. The zero-order valence-corrected chi connectivity index (χ0v) is 21.9. The zero-order valence-electron chi connectivity index (χ0n) is 21.9. The molecular formula is C30H34N2O5. The van der Waals surface area contributed by atoms with Crippen molar-refractivity contribution in [3.63, 3.8) is 0 Å². The minimum atomic E-state index is -0.794. The molecular weight excluding hydrogens is 468 g/mol. The van der Waals surface area contributed by atoms with Gasteiger partial charge in [-0.05, 0) is 68.7 Å². The lowest BCUT2D eigenvalue weighted by Gasteiger charge is -2.24. The highest BCUT2D eigenvalue weighted by Gasteiger charge is 2.26. The van der Waals surface area contributed by atoms with Crippen LogP contribution in [0.25, 0.3) is 0 Å². The van der Waals surface area contributed by atoms with Gasteiger partial charge in [0.1, 0.15) is 11.8 Å². The molecule has 0 saturated heterocycles. The van der Waals surface area contributed by atoms with Gasteiger partial charge < -0.3 is 14.8 Å². The molecule has 0 fully saturated rings. The molecule has 37 heavy (non-hydrogen) atoms. The smallest absolute Gasteiger partial charge is 0.328 e. The van der Waals surface area contributed by atoms with E-state index < -0.39 is 17.9 Å². The lowest BCUT2D eigenvalue weighted by molar-refractivity contribution is -0.143. The minimum absolute atomic E-state index is 0.165. The van der Waals surface area contributed by atoms with Crippen LogP contribution in [-0.4, -0.2) is 37.0 Å². The highest BCUT2D eigenvalue weighted by Crippen LogP contribution is 2.30. The number of carbonyl (C=O) groups is 3. The van der Waals surface area contributed by atoms with E-state index in [2.05, 4.69) is 5.32 Å². The third-order valence-electron chi connectivity index (χ3n) is 5.57. The van der Waals surface area contributed by atoms with Gasteiger partial charge in [0.25, 0.3) is 11.8 Å². The molecule has 3 rings (SSSR count). The normalized spacial score (nSPS) is 11.6. The monoisotopic (exact) mass is 502 g/mol. The topological polar surface area (TPSA) is 84.9 Å². The maximum Gasteiger partial charge on any atom is 0.328 e. The number of nitrogens with zero attached hydrogens (tertiary/aromatic N) is 1. The Labute approximate surface area is 218 Å². The number of rotatable bonds is 10. The number of methoxy groups -OCH3 is 1. The Hall–Kier alpha value is -4.13. The summed E-state index contributed by atoms with van der Waals surface area (Å²) in [5, 5.41) is 2.76. The molecule has 3 aromatic carbocycles. The summed E-state index contributed by atoms with van der Waals surface area (Å²) in [6.07, 6.45) is 0.182. The van der Waals surface area contributed by atoms with Crippen molar-refractivity contribution < 1.29 is 23.9 Å². The van der Waals surface area contributed by atoms with Crippen molar-refractivity contribution in [2.24, 2.45) is 5.92 Å². The summed E-state index contributed by atoms with van der Waals surface area (Å²) in [7, 11) is 1.29. The summed E-state index contributed by atoms with van der Waals surface area (Å²) in [6, 6.07) is 22.6. The Morgan fingerprint density at radius 3 is 1.89 bits per heavy atom. The van der Waals surface area contributed by atoms with E-state index in [9.17, 15) is 14.4 Å². The fourth-order valence-electron chi connectivity index (χ4n) is 3.92. The van der Waals surface area contributed by atoms with E-state index >= 15 is 0 Å². The molecule has 0 bridgehead atoms. The molecule has 1 atom stereocenters. The summed E-state index contributed by atoms with van der Waals surface area (Å²) >= 11 is 0. The Kier molecular flexibility index (Phi) is 9.44. The van der Waals surface area contributed by atoms with Gasteiger partial charge in [-0.15, -0.1) is 0 Å². The fourth-order valence-corrected chi connectivity index (χ4v) is 3.92. The van der Waals surface area contributed by atoms with Crippen molar-refractivity contribution in [1.82, 2.24) is 5.32 Å². The van der Waals surface area contributed by atoms with Crippen LogP contribution in [0.3, 0.4) is 0 Å². The predicted octanol–water partition coefficient (Wildman–Crippen LogP) is 5.77. The molecule has 0 unspecified atom stereocenters. The van der Waals surface area contributed by atoms with Gasteiger partial charge in [0, 0.05) is 16.9 Å². The summed E-state index contributed by atoms with van der Waals surface area (Å²) in [5.74, 6) is -0.842. The standard InChI is InChI=1S/C30H34N2O5/c1-20(2)18-26(30(35)36-5)31-28(33)25-17-16-22(19-27(25)37-21(3)4)29(34)32(23-12-8-6-9-13-23)24-14-10-7-11-15-24/h6-17,19-21,26H,18H2,1-5H3,(H,31,33)/t26-/m0/s1. The molecule has 0 aromatic heterocycles. The Morgan fingerprint density at radius 1 is 0.838 bits per heavy atom. The number of anilines is 2. The molecule has 7 heteroatoms. The molecule has 0 heterocycles. The van der Waals surface area contributed by atoms with Crippen molar-refractivity contribution in [2.75, 3.05) is 12.0 Å². The van der Waals surface area contributed by atoms with Crippen LogP contribution in [0, 0.1) is 5.92 Å². The molecule has 0 spiro atoms. The van der Waals surface area contributed by atoms with Crippen molar-refractivity contribution >= 4 is 29.2 Å². The maximum atomic E-state index is 13.8. The molecule has 1 N–H and O–H groups in total. The number of esters is 1. The summed E-state index contributed by atoms with van der Waals surface area (Å²) in [5.41, 5.74) is 2.00. The van der Waals surface area contributed by atoms with E-state index in [-0.39, 0.29) is 29.2 Å². The largest absolute Gasteiger partial charge is 0.490 e. The third kappa shape index (κ3) is 7.19. The van der Waals surface area contributed by atoms with Crippen LogP contribution in [0.5, 0.6) is 5.75 Å². The number of hydrogen-bond acceptors (Lipinski definition) is 5. The summed E-state index contributed by atoms with van der Waals surface area (Å²) in [4.78, 5) is 40.9. The van der Waals surface area contributed by atoms with Gasteiger partial charge in [0.2, 0.25) is 0 Å². The van der Waals surface area contributed by atoms with Crippen LogP contribution in [0.1, 0.15) is 54.8 Å². The Bertz CT molecular complexity index is 1170. The van der Waals surface area contributed by atoms with Gasteiger partial charge >= 0.3 is 5.97 Å². The lowest BCUT2D eigenvalue weighted by Crippen LogP contribution is -2.42. The molecule has 7 nitrogen and oxygen atoms in total. The number of benzene rings is 3. The number of carbonyl (C=O) groups excluding carboxylic acids is 3. The van der Waals surface area contributed by atoms with Gasteiger partial charge in [0.05, 0.1) is 18.8 Å². The first kappa shape index (κ1) is 27.5. The molecule has 0 aliphatic heterocycles. The first-order valence-electron chi connectivity index (χ1n) is 12.3. The second kappa shape index (κ2) is 12.7. The highest BCUT2D eigenvalue weighted by atomic mass is 16.5. The number of hydrogen-bond donors (Lipinski definition) is 1. The predicted molar refractivity (Wildman–Crippen MR) is 144 cm³/mol. The van der Waals surface area contributed by atoms with Gasteiger partial charge in [0.15, 0.2) is 0 Å². The molecule has 2 amide bonds. The first-order valence-corrected chi connectivity index (χ1v) is 12.3. The molecule has 3 aromatic rings. The minimum Gasteiger partial charge on any atom is -0.490 e. The maximum absolute atomic E-state index is 13.8. The molecule has 0 aliphatic carbocycles. The average molecular weight is 503 g/mol. The van der Waals surface area contributed by atoms with E-state index in [1.165, 1.54) is 7.11 Å². The van der Waals surface area contributed by atoms with E-state index in [0.29, 0.717) is 23.4 Å². The quantitative estimate of drug-likeness (QED) is 0.356. The van der Waals surface area contributed by atoms with Gasteiger partial charge in [-0.25, -0.2) is 4.79 Å². The third-order valence-corrected chi connectivity index (χ3v) is 5.57. The van der Waals surface area contributed by atoms with E-state index in [1.54, 1.807) is 23.1 Å². The first-order chi connectivity index (χ1) is 17.7. The van der Waals surface area contributed by atoms with Crippen molar-refractivity contribution in [2.45, 2.75) is 46.3 Å². The summed E-state index contributed by atoms with van der Waals surface area (Å²) in [6.45, 7) is 7.60. The van der Waals surface area contributed by atoms with Gasteiger partial charge in [-0.2, -0.15) is 0 Å². The highest BCUT2D eigenvalue weighted by molar-refractivity contribution is 6.11. The van der Waals surface area contributed by atoms with Crippen molar-refractivity contribution in [3.05, 3.63) is 90.0 Å². The molecule has 0 aliphatic rings. The number of ether oxygens (including phenoxy) is 2. The van der Waals surface area contributed by atoms with Crippen LogP contribution >= 0.6 is 0 Å². The van der Waals surface area contributed by atoms with Crippen molar-refractivity contribution in [3.8, 4) is 5.75 Å². The van der Waals surface area contributed by atoms with Crippen LogP contribution in [0.4, 0.5) is 11.4 Å². The van der Waals surface area contributed by atoms with Crippen molar-refractivity contribution in [1.29, 1.82) is 0 Å².